The summed E-state index contributed by atoms with van der Waals surface area (Å²) in [5.74, 6) is -0.00718. The molecule has 1 aliphatic heterocycles. The zero-order valence-electron chi connectivity index (χ0n) is 12.3. The predicted octanol–water partition coefficient (Wildman–Crippen LogP) is 1.20. The van der Waals surface area contributed by atoms with Gasteiger partial charge in [0.25, 0.3) is 0 Å². The van der Waals surface area contributed by atoms with Crippen LogP contribution in [0.3, 0.4) is 0 Å². The Morgan fingerprint density at radius 2 is 1.95 bits per heavy atom. The number of nitrogens with one attached hydrogen (secondary N) is 1. The Bertz CT molecular complexity index is 359. The van der Waals surface area contributed by atoms with E-state index in [-0.39, 0.29) is 23.9 Å². The van der Waals surface area contributed by atoms with Crippen LogP contribution in [0, 0.1) is 0 Å². The first-order chi connectivity index (χ1) is 9.63. The molecule has 2 rings (SSSR count). The molecule has 2 aliphatic rings. The number of likely N-dealkylation sites (tertiary alicyclic amines) is 1. The van der Waals surface area contributed by atoms with E-state index in [9.17, 15) is 14.7 Å². The number of amides is 2. The minimum absolute atomic E-state index is 0.0781. The topological polar surface area (TPSA) is 69.6 Å². The fourth-order valence-corrected chi connectivity index (χ4v) is 3.25. The van der Waals surface area contributed by atoms with Crippen LogP contribution >= 0.6 is 0 Å². The van der Waals surface area contributed by atoms with Crippen molar-refractivity contribution in [1.82, 2.24) is 10.2 Å². The van der Waals surface area contributed by atoms with Crippen LogP contribution in [0.5, 0.6) is 0 Å². The molecule has 0 aromatic rings. The third kappa shape index (κ3) is 3.51. The first-order valence-corrected chi connectivity index (χ1v) is 7.91. The molecule has 1 saturated heterocycles. The smallest absolute Gasteiger partial charge is 0.243 e. The monoisotopic (exact) mass is 282 g/mol. The lowest BCUT2D eigenvalue weighted by Gasteiger charge is -2.31. The highest BCUT2D eigenvalue weighted by molar-refractivity contribution is 5.88. The number of aliphatic hydroxyl groups is 1. The second-order valence-electron chi connectivity index (χ2n) is 5.96. The molecule has 1 heterocycles. The van der Waals surface area contributed by atoms with E-state index in [1.165, 1.54) is 0 Å². The normalized spacial score (nSPS) is 30.3. The van der Waals surface area contributed by atoms with Crippen LogP contribution in [0.15, 0.2) is 0 Å². The van der Waals surface area contributed by atoms with Crippen LogP contribution in [-0.4, -0.2) is 46.6 Å². The molecule has 2 N–H and O–H groups in total. The highest BCUT2D eigenvalue weighted by Crippen LogP contribution is 2.22. The number of hydrogen-bond acceptors (Lipinski definition) is 3. The standard InChI is InChI=1S/C15H26N2O3/c1-2-6-14(19)17-10-5-8-12(17)15(20)16-11-7-3-4-9-13(11)18/h11-13,18H,2-10H2,1H3,(H,16,20). The lowest BCUT2D eigenvalue weighted by Crippen LogP contribution is -2.52. The van der Waals surface area contributed by atoms with Gasteiger partial charge in [0.1, 0.15) is 6.04 Å². The summed E-state index contributed by atoms with van der Waals surface area (Å²) in [6, 6.07) is -0.469. The van der Waals surface area contributed by atoms with E-state index >= 15 is 0 Å². The van der Waals surface area contributed by atoms with Crippen molar-refractivity contribution in [3.8, 4) is 0 Å². The van der Waals surface area contributed by atoms with Gasteiger partial charge in [0.05, 0.1) is 12.1 Å². The van der Waals surface area contributed by atoms with Crippen LogP contribution in [0.2, 0.25) is 0 Å². The second kappa shape index (κ2) is 7.07. The third-order valence-corrected chi connectivity index (χ3v) is 4.40. The quantitative estimate of drug-likeness (QED) is 0.814. The first kappa shape index (κ1) is 15.3. The average Bonchev–Trinajstić information content (AvgIpc) is 2.91. The van der Waals surface area contributed by atoms with Crippen molar-refractivity contribution >= 4 is 11.8 Å². The van der Waals surface area contributed by atoms with E-state index in [1.807, 2.05) is 6.92 Å². The van der Waals surface area contributed by atoms with Gasteiger partial charge in [-0.15, -0.1) is 0 Å². The number of carbonyl (C=O) groups excluding carboxylic acids is 2. The molecule has 3 atom stereocenters. The van der Waals surface area contributed by atoms with Crippen molar-refractivity contribution in [2.24, 2.45) is 0 Å². The Hall–Kier alpha value is -1.10. The summed E-state index contributed by atoms with van der Waals surface area (Å²) < 4.78 is 0. The maximum Gasteiger partial charge on any atom is 0.243 e. The van der Waals surface area contributed by atoms with E-state index in [2.05, 4.69) is 5.32 Å². The van der Waals surface area contributed by atoms with Gasteiger partial charge in [-0.3, -0.25) is 9.59 Å². The molecule has 0 aromatic carbocycles. The molecule has 114 valence electrons. The largest absolute Gasteiger partial charge is 0.391 e. The number of aliphatic hydroxyl groups excluding tert-OH is 1. The van der Waals surface area contributed by atoms with Gasteiger partial charge >= 0.3 is 0 Å². The first-order valence-electron chi connectivity index (χ1n) is 7.91. The van der Waals surface area contributed by atoms with Crippen LogP contribution in [0.1, 0.15) is 58.3 Å². The van der Waals surface area contributed by atoms with Crippen LogP contribution in [0.4, 0.5) is 0 Å². The third-order valence-electron chi connectivity index (χ3n) is 4.40. The van der Waals surface area contributed by atoms with E-state index in [4.69, 9.17) is 0 Å². The molecule has 0 aromatic heterocycles. The van der Waals surface area contributed by atoms with Gasteiger partial charge in [-0.1, -0.05) is 19.8 Å². The van der Waals surface area contributed by atoms with Gasteiger partial charge in [0, 0.05) is 13.0 Å². The predicted molar refractivity (Wildman–Crippen MR) is 76.0 cm³/mol. The van der Waals surface area contributed by atoms with Crippen LogP contribution in [0.25, 0.3) is 0 Å². The minimum Gasteiger partial charge on any atom is -0.391 e. The van der Waals surface area contributed by atoms with Crippen molar-refractivity contribution < 1.29 is 14.7 Å². The Kier molecular flexibility index (Phi) is 5.40. The molecular weight excluding hydrogens is 256 g/mol. The Morgan fingerprint density at radius 1 is 1.20 bits per heavy atom. The minimum atomic E-state index is -0.436. The van der Waals surface area contributed by atoms with Gasteiger partial charge in [0.2, 0.25) is 11.8 Å². The molecule has 0 radical (unpaired) electrons. The SMILES string of the molecule is CCCC(=O)N1CCCC1C(=O)NC1CCCCC1O. The van der Waals surface area contributed by atoms with E-state index < -0.39 is 6.10 Å². The van der Waals surface area contributed by atoms with Crippen molar-refractivity contribution in [2.75, 3.05) is 6.54 Å². The summed E-state index contributed by atoms with van der Waals surface area (Å²) in [7, 11) is 0. The molecule has 0 spiro atoms. The Morgan fingerprint density at radius 3 is 2.65 bits per heavy atom. The summed E-state index contributed by atoms with van der Waals surface area (Å²) in [5, 5.41) is 12.9. The molecule has 20 heavy (non-hydrogen) atoms. The zero-order valence-corrected chi connectivity index (χ0v) is 12.3. The summed E-state index contributed by atoms with van der Waals surface area (Å²) in [5.41, 5.74) is 0. The number of hydrogen-bond donors (Lipinski definition) is 2. The lowest BCUT2D eigenvalue weighted by molar-refractivity contribution is -0.139. The van der Waals surface area contributed by atoms with Crippen molar-refractivity contribution in [3.63, 3.8) is 0 Å². The zero-order chi connectivity index (χ0) is 14.5. The number of carbonyl (C=O) groups is 2. The molecular formula is C15H26N2O3. The van der Waals surface area contributed by atoms with Gasteiger partial charge < -0.3 is 15.3 Å². The van der Waals surface area contributed by atoms with Crippen LogP contribution in [-0.2, 0) is 9.59 Å². The molecule has 5 nitrogen and oxygen atoms in total. The second-order valence-corrected chi connectivity index (χ2v) is 5.96. The summed E-state index contributed by atoms with van der Waals surface area (Å²) >= 11 is 0. The molecule has 1 saturated carbocycles. The van der Waals surface area contributed by atoms with Crippen molar-refractivity contribution in [2.45, 2.75) is 76.5 Å². The van der Waals surface area contributed by atoms with Gasteiger partial charge in [-0.2, -0.15) is 0 Å². The van der Waals surface area contributed by atoms with Crippen molar-refractivity contribution in [3.05, 3.63) is 0 Å². The lowest BCUT2D eigenvalue weighted by atomic mass is 9.92. The fourth-order valence-electron chi connectivity index (χ4n) is 3.25. The van der Waals surface area contributed by atoms with Crippen LogP contribution < -0.4 is 5.32 Å². The van der Waals surface area contributed by atoms with E-state index in [0.29, 0.717) is 13.0 Å². The number of rotatable bonds is 4. The molecule has 5 heteroatoms. The molecule has 0 bridgehead atoms. The highest BCUT2D eigenvalue weighted by atomic mass is 16.3. The maximum absolute atomic E-state index is 12.4. The summed E-state index contributed by atoms with van der Waals surface area (Å²) in [4.78, 5) is 26.1. The Balaban J connectivity index is 1.92. The molecule has 2 amide bonds. The van der Waals surface area contributed by atoms with E-state index in [0.717, 1.165) is 44.9 Å². The van der Waals surface area contributed by atoms with Gasteiger partial charge in [0.15, 0.2) is 0 Å². The maximum atomic E-state index is 12.4. The summed E-state index contributed by atoms with van der Waals surface area (Å²) in [6.45, 7) is 2.66. The summed E-state index contributed by atoms with van der Waals surface area (Å²) in [6.07, 6.45) is 6.18. The van der Waals surface area contributed by atoms with Gasteiger partial charge in [-0.25, -0.2) is 0 Å². The molecule has 3 unspecified atom stereocenters. The highest BCUT2D eigenvalue weighted by Gasteiger charge is 2.35. The average molecular weight is 282 g/mol. The Labute approximate surface area is 120 Å². The molecule has 2 fully saturated rings. The van der Waals surface area contributed by atoms with E-state index in [1.54, 1.807) is 4.90 Å². The fraction of sp³-hybridized carbons (Fsp3) is 0.867. The van der Waals surface area contributed by atoms with Gasteiger partial charge in [-0.05, 0) is 32.1 Å². The van der Waals surface area contributed by atoms with Crippen molar-refractivity contribution in [1.29, 1.82) is 0 Å². The molecule has 1 aliphatic carbocycles. The number of nitrogens with zero attached hydrogens (tertiary/aromatic N) is 1.